The van der Waals surface area contributed by atoms with Gasteiger partial charge in [0.2, 0.25) is 11.8 Å². The summed E-state index contributed by atoms with van der Waals surface area (Å²) in [7, 11) is 3.16. The Balaban J connectivity index is 1.62. The first-order chi connectivity index (χ1) is 14.9. The molecule has 1 N–H and O–H groups in total. The number of carbonyl (C=O) groups excluding carboxylic acids is 2. The molecule has 1 aliphatic heterocycles. The molecule has 2 aromatic carbocycles. The zero-order valence-corrected chi connectivity index (χ0v) is 18.9. The lowest BCUT2D eigenvalue weighted by molar-refractivity contribution is -0.140. The van der Waals surface area contributed by atoms with E-state index in [1.165, 1.54) is 0 Å². The highest BCUT2D eigenvalue weighted by atomic mass is 16.5. The number of methoxy groups -OCH3 is 2. The molecule has 1 aliphatic rings. The summed E-state index contributed by atoms with van der Waals surface area (Å²) in [5.41, 5.74) is 2.53. The van der Waals surface area contributed by atoms with Crippen molar-refractivity contribution >= 4 is 11.8 Å². The lowest BCUT2D eigenvalue weighted by Crippen LogP contribution is -2.52. The summed E-state index contributed by atoms with van der Waals surface area (Å²) in [5, 5.41) is 3.08. The van der Waals surface area contributed by atoms with E-state index < -0.39 is 5.41 Å². The molecule has 6 nitrogen and oxygen atoms in total. The van der Waals surface area contributed by atoms with Crippen LogP contribution >= 0.6 is 0 Å². The Morgan fingerprint density at radius 3 is 2.55 bits per heavy atom. The highest BCUT2D eigenvalue weighted by molar-refractivity contribution is 5.85. The van der Waals surface area contributed by atoms with E-state index in [2.05, 4.69) is 5.32 Å². The van der Waals surface area contributed by atoms with Crippen LogP contribution in [0.4, 0.5) is 0 Å². The van der Waals surface area contributed by atoms with Crippen LogP contribution in [0.1, 0.15) is 36.5 Å². The smallest absolute Gasteiger partial charge is 0.227 e. The lowest BCUT2D eigenvalue weighted by atomic mass is 9.80. The van der Waals surface area contributed by atoms with Crippen molar-refractivity contribution in [1.29, 1.82) is 0 Å². The fourth-order valence-corrected chi connectivity index (χ4v) is 4.11. The van der Waals surface area contributed by atoms with Gasteiger partial charge in [0.15, 0.2) is 11.5 Å². The fraction of sp³-hybridized carbons (Fsp3) is 0.440. The molecular formula is C25H32N2O4. The van der Waals surface area contributed by atoms with E-state index in [4.69, 9.17) is 9.47 Å². The molecule has 6 heteroatoms. The Kier molecular flexibility index (Phi) is 7.21. The van der Waals surface area contributed by atoms with E-state index >= 15 is 0 Å². The Morgan fingerprint density at radius 1 is 1.10 bits per heavy atom. The van der Waals surface area contributed by atoms with Gasteiger partial charge in [0.25, 0.3) is 0 Å². The van der Waals surface area contributed by atoms with Crippen molar-refractivity contribution in [3.63, 3.8) is 0 Å². The first-order valence-electron chi connectivity index (χ1n) is 10.7. The van der Waals surface area contributed by atoms with Gasteiger partial charge >= 0.3 is 0 Å². The van der Waals surface area contributed by atoms with Crippen LogP contribution in [0.5, 0.6) is 11.5 Å². The van der Waals surface area contributed by atoms with Gasteiger partial charge in [-0.05, 0) is 55.5 Å². The van der Waals surface area contributed by atoms with Crippen LogP contribution < -0.4 is 14.8 Å². The quantitative estimate of drug-likeness (QED) is 0.739. The molecule has 0 aliphatic carbocycles. The van der Waals surface area contributed by atoms with E-state index in [0.29, 0.717) is 31.1 Å². The number of ether oxygens (including phenoxy) is 2. The van der Waals surface area contributed by atoms with Gasteiger partial charge in [-0.1, -0.05) is 30.3 Å². The number of hydrogen-bond acceptors (Lipinski definition) is 4. The predicted molar refractivity (Wildman–Crippen MR) is 120 cm³/mol. The lowest BCUT2D eigenvalue weighted by Gasteiger charge is -2.39. The van der Waals surface area contributed by atoms with Gasteiger partial charge < -0.3 is 19.7 Å². The second-order valence-electron chi connectivity index (χ2n) is 8.45. The van der Waals surface area contributed by atoms with Gasteiger partial charge in [0.05, 0.1) is 26.1 Å². The summed E-state index contributed by atoms with van der Waals surface area (Å²) >= 11 is 0. The number of amides is 2. The molecule has 1 unspecified atom stereocenters. The van der Waals surface area contributed by atoms with Gasteiger partial charge in [-0.3, -0.25) is 9.59 Å². The van der Waals surface area contributed by atoms with Crippen LogP contribution in [0.2, 0.25) is 0 Å². The monoisotopic (exact) mass is 424 g/mol. The number of piperidine rings is 1. The van der Waals surface area contributed by atoms with Crippen molar-refractivity contribution in [3.8, 4) is 11.5 Å². The van der Waals surface area contributed by atoms with E-state index in [1.807, 2.05) is 55.1 Å². The molecule has 1 atom stereocenters. The van der Waals surface area contributed by atoms with Gasteiger partial charge in [0, 0.05) is 19.6 Å². The second-order valence-corrected chi connectivity index (χ2v) is 8.45. The number of nitrogens with one attached hydrogen (secondary N) is 1. The third-order valence-electron chi connectivity index (χ3n) is 6.10. The molecule has 1 heterocycles. The minimum Gasteiger partial charge on any atom is -0.493 e. The van der Waals surface area contributed by atoms with Crippen molar-refractivity contribution in [2.24, 2.45) is 5.41 Å². The van der Waals surface area contributed by atoms with E-state index in [1.54, 1.807) is 20.3 Å². The zero-order chi connectivity index (χ0) is 22.4. The minimum absolute atomic E-state index is 0.000584. The molecule has 0 bridgehead atoms. The fourth-order valence-electron chi connectivity index (χ4n) is 4.11. The number of nitrogens with zero attached hydrogens (tertiary/aromatic N) is 1. The Bertz CT molecular complexity index is 943. The maximum atomic E-state index is 13.0. The molecule has 0 saturated carbocycles. The molecule has 166 valence electrons. The third kappa shape index (κ3) is 5.37. The maximum absolute atomic E-state index is 13.0. The summed E-state index contributed by atoms with van der Waals surface area (Å²) in [5.74, 6) is 1.26. The van der Waals surface area contributed by atoms with E-state index in [-0.39, 0.29) is 18.2 Å². The molecule has 0 spiro atoms. The molecule has 2 amide bonds. The van der Waals surface area contributed by atoms with Crippen LogP contribution in [-0.4, -0.2) is 44.0 Å². The molecule has 1 saturated heterocycles. The van der Waals surface area contributed by atoms with Crippen LogP contribution in [0.3, 0.4) is 0 Å². The highest BCUT2D eigenvalue weighted by Gasteiger charge is 2.39. The molecule has 0 aromatic heterocycles. The molecule has 3 rings (SSSR count). The van der Waals surface area contributed by atoms with E-state index in [0.717, 1.165) is 29.5 Å². The molecular weight excluding hydrogens is 392 g/mol. The Labute approximate surface area is 184 Å². The summed E-state index contributed by atoms with van der Waals surface area (Å²) < 4.78 is 10.6. The normalized spacial score (nSPS) is 18.4. The number of benzene rings is 2. The summed E-state index contributed by atoms with van der Waals surface area (Å²) in [4.78, 5) is 27.8. The Hall–Kier alpha value is -3.02. The number of hydrogen-bond donors (Lipinski definition) is 1. The first-order valence-corrected chi connectivity index (χ1v) is 10.7. The zero-order valence-electron chi connectivity index (χ0n) is 18.9. The largest absolute Gasteiger partial charge is 0.493 e. The average Bonchev–Trinajstić information content (AvgIpc) is 2.78. The van der Waals surface area contributed by atoms with Crippen LogP contribution in [-0.2, 0) is 22.6 Å². The van der Waals surface area contributed by atoms with Gasteiger partial charge in [-0.15, -0.1) is 0 Å². The summed E-state index contributed by atoms with van der Waals surface area (Å²) in [6.45, 7) is 5.60. The van der Waals surface area contributed by atoms with Crippen molar-refractivity contribution in [1.82, 2.24) is 10.2 Å². The van der Waals surface area contributed by atoms with Crippen molar-refractivity contribution in [3.05, 3.63) is 59.2 Å². The molecule has 2 aromatic rings. The van der Waals surface area contributed by atoms with Crippen LogP contribution in [0, 0.1) is 12.3 Å². The maximum Gasteiger partial charge on any atom is 0.227 e. The molecule has 1 fully saturated rings. The predicted octanol–water partition coefficient (Wildman–Crippen LogP) is 3.50. The second kappa shape index (κ2) is 9.86. The number of aryl methyl sites for hydroxylation is 1. The minimum atomic E-state index is -0.589. The molecule has 0 radical (unpaired) electrons. The van der Waals surface area contributed by atoms with E-state index in [9.17, 15) is 9.59 Å². The van der Waals surface area contributed by atoms with Crippen molar-refractivity contribution < 1.29 is 19.1 Å². The van der Waals surface area contributed by atoms with Crippen LogP contribution in [0.25, 0.3) is 0 Å². The highest BCUT2D eigenvalue weighted by Crippen LogP contribution is 2.31. The summed E-state index contributed by atoms with van der Waals surface area (Å²) in [6, 6.07) is 13.5. The number of carbonyl (C=O) groups is 2. The van der Waals surface area contributed by atoms with Crippen LogP contribution in [0.15, 0.2) is 42.5 Å². The molecule has 31 heavy (non-hydrogen) atoms. The first kappa shape index (κ1) is 22.7. The van der Waals surface area contributed by atoms with Gasteiger partial charge in [-0.25, -0.2) is 0 Å². The third-order valence-corrected chi connectivity index (χ3v) is 6.10. The number of rotatable bonds is 7. The van der Waals surface area contributed by atoms with Gasteiger partial charge in [-0.2, -0.15) is 0 Å². The Morgan fingerprint density at radius 2 is 1.84 bits per heavy atom. The SMILES string of the molecule is COc1ccc(CC(=O)N2CCCC(C)(C(=O)NCc3ccccc3C)C2)cc1OC. The van der Waals surface area contributed by atoms with Crippen molar-refractivity contribution in [2.45, 2.75) is 39.7 Å². The average molecular weight is 425 g/mol. The topological polar surface area (TPSA) is 67.9 Å². The number of likely N-dealkylation sites (tertiary alicyclic amines) is 1. The summed E-state index contributed by atoms with van der Waals surface area (Å²) in [6.07, 6.45) is 1.85. The van der Waals surface area contributed by atoms with Crippen molar-refractivity contribution in [2.75, 3.05) is 27.3 Å². The standard InChI is InChI=1S/C25H32N2O4/c1-18-8-5-6-9-20(18)16-26-24(29)25(2)12-7-13-27(17-25)23(28)15-19-10-11-21(30-3)22(14-19)31-4/h5-6,8-11,14H,7,12-13,15-17H2,1-4H3,(H,26,29). The van der Waals surface area contributed by atoms with Gasteiger partial charge in [0.1, 0.15) is 0 Å².